The average Bonchev–Trinajstić information content (AvgIpc) is 2.79. The van der Waals surface area contributed by atoms with Crippen molar-refractivity contribution >= 4 is 43.2 Å². The van der Waals surface area contributed by atoms with Crippen molar-refractivity contribution < 1.29 is 4.74 Å². The van der Waals surface area contributed by atoms with Crippen molar-refractivity contribution in [1.29, 1.82) is 0 Å². The predicted molar refractivity (Wildman–Crippen MR) is 97.6 cm³/mol. The maximum absolute atomic E-state index is 5.32. The van der Waals surface area contributed by atoms with Crippen molar-refractivity contribution in [1.82, 2.24) is 5.32 Å². The second kappa shape index (κ2) is 7.77. The monoisotopic (exact) mass is 431 g/mol. The smallest absolute Gasteiger partial charge is 0.133 e. The van der Waals surface area contributed by atoms with E-state index in [-0.39, 0.29) is 6.04 Å². The molecular formula is C16H19Br2NOS. The Labute approximate surface area is 147 Å². The second-order valence-corrected chi connectivity index (χ2v) is 7.83. The third kappa shape index (κ3) is 4.09. The third-order valence-electron chi connectivity index (χ3n) is 3.27. The van der Waals surface area contributed by atoms with Crippen LogP contribution in [0.15, 0.2) is 33.2 Å². The molecular weight excluding hydrogens is 414 g/mol. The number of thiophene rings is 1. The predicted octanol–water partition coefficient (Wildman–Crippen LogP) is 5.68. The number of hydrogen-bond donors (Lipinski definition) is 1. The highest BCUT2D eigenvalue weighted by Crippen LogP contribution is 2.36. The molecule has 2 nitrogen and oxygen atoms in total. The molecule has 21 heavy (non-hydrogen) atoms. The minimum Gasteiger partial charge on any atom is -0.496 e. The second-order valence-electron chi connectivity index (χ2n) is 4.83. The summed E-state index contributed by atoms with van der Waals surface area (Å²) >= 11 is 9.02. The molecule has 0 aliphatic carbocycles. The standard InChI is InChI=1S/C16H19Br2NOS/c1-4-7-19-16(15-9-12(17)10(2)21-15)11-5-6-14(20-3)13(18)8-11/h5-6,8-9,16,19H,4,7H2,1-3H3. The van der Waals surface area contributed by atoms with Crippen LogP contribution in [-0.2, 0) is 0 Å². The molecule has 2 aromatic rings. The van der Waals surface area contributed by atoms with Gasteiger partial charge in [0.25, 0.3) is 0 Å². The van der Waals surface area contributed by atoms with E-state index in [1.54, 1.807) is 7.11 Å². The highest BCUT2D eigenvalue weighted by molar-refractivity contribution is 9.10. The van der Waals surface area contributed by atoms with Crippen LogP contribution in [0.5, 0.6) is 5.75 Å². The van der Waals surface area contributed by atoms with Crippen molar-refractivity contribution in [2.75, 3.05) is 13.7 Å². The molecule has 0 amide bonds. The van der Waals surface area contributed by atoms with Gasteiger partial charge in [0.1, 0.15) is 5.75 Å². The van der Waals surface area contributed by atoms with E-state index in [0.717, 1.165) is 23.2 Å². The summed E-state index contributed by atoms with van der Waals surface area (Å²) < 4.78 is 7.48. The van der Waals surface area contributed by atoms with Crippen molar-refractivity contribution in [2.24, 2.45) is 0 Å². The van der Waals surface area contributed by atoms with Crippen LogP contribution >= 0.6 is 43.2 Å². The van der Waals surface area contributed by atoms with Gasteiger partial charge in [-0.25, -0.2) is 0 Å². The lowest BCUT2D eigenvalue weighted by atomic mass is 10.0. The summed E-state index contributed by atoms with van der Waals surface area (Å²) in [6.07, 6.45) is 1.11. The zero-order valence-corrected chi connectivity index (χ0v) is 16.4. The first-order valence-corrected chi connectivity index (χ1v) is 9.29. The maximum Gasteiger partial charge on any atom is 0.133 e. The van der Waals surface area contributed by atoms with E-state index >= 15 is 0 Å². The summed E-state index contributed by atoms with van der Waals surface area (Å²) in [5.74, 6) is 0.858. The number of aryl methyl sites for hydroxylation is 1. The van der Waals surface area contributed by atoms with E-state index in [0.29, 0.717) is 0 Å². The summed E-state index contributed by atoms with van der Waals surface area (Å²) in [6.45, 7) is 5.31. The lowest BCUT2D eigenvalue weighted by molar-refractivity contribution is 0.411. The highest BCUT2D eigenvalue weighted by atomic mass is 79.9. The molecule has 1 unspecified atom stereocenters. The molecule has 1 N–H and O–H groups in total. The molecule has 0 saturated heterocycles. The average molecular weight is 433 g/mol. The summed E-state index contributed by atoms with van der Waals surface area (Å²) in [5.41, 5.74) is 1.24. The molecule has 114 valence electrons. The Morgan fingerprint density at radius 3 is 2.52 bits per heavy atom. The Morgan fingerprint density at radius 1 is 1.24 bits per heavy atom. The number of ether oxygens (including phenoxy) is 1. The molecule has 2 rings (SSSR count). The molecule has 1 heterocycles. The Hall–Kier alpha value is -0.360. The van der Waals surface area contributed by atoms with Gasteiger partial charge in [-0.2, -0.15) is 0 Å². The Kier molecular flexibility index (Phi) is 6.29. The van der Waals surface area contributed by atoms with Crippen molar-refractivity contribution in [3.8, 4) is 5.75 Å². The molecule has 5 heteroatoms. The van der Waals surface area contributed by atoms with Gasteiger partial charge < -0.3 is 10.1 Å². The van der Waals surface area contributed by atoms with Gasteiger partial charge in [0.2, 0.25) is 0 Å². The van der Waals surface area contributed by atoms with Crippen LogP contribution in [-0.4, -0.2) is 13.7 Å². The zero-order chi connectivity index (χ0) is 15.4. The maximum atomic E-state index is 5.32. The first kappa shape index (κ1) is 17.0. The molecule has 0 radical (unpaired) electrons. The number of methoxy groups -OCH3 is 1. The molecule has 0 spiro atoms. The van der Waals surface area contributed by atoms with Gasteiger partial charge in [-0.15, -0.1) is 11.3 Å². The fourth-order valence-electron chi connectivity index (χ4n) is 2.16. The lowest BCUT2D eigenvalue weighted by Crippen LogP contribution is -2.22. The minimum absolute atomic E-state index is 0.210. The molecule has 0 aliphatic heterocycles. The van der Waals surface area contributed by atoms with Crippen LogP contribution < -0.4 is 10.1 Å². The van der Waals surface area contributed by atoms with E-state index in [4.69, 9.17) is 4.74 Å². The Balaban J connectivity index is 2.37. The van der Waals surface area contributed by atoms with E-state index in [2.05, 4.69) is 69.2 Å². The van der Waals surface area contributed by atoms with E-state index in [1.165, 1.54) is 19.8 Å². The zero-order valence-electron chi connectivity index (χ0n) is 12.4. The van der Waals surface area contributed by atoms with Gasteiger partial charge in [0.15, 0.2) is 0 Å². The van der Waals surface area contributed by atoms with Gasteiger partial charge >= 0.3 is 0 Å². The van der Waals surface area contributed by atoms with Crippen LogP contribution in [0.3, 0.4) is 0 Å². The Morgan fingerprint density at radius 2 is 2.00 bits per heavy atom. The number of rotatable bonds is 6. The van der Waals surface area contributed by atoms with Crippen LogP contribution in [0.2, 0.25) is 0 Å². The number of hydrogen-bond acceptors (Lipinski definition) is 3. The van der Waals surface area contributed by atoms with E-state index < -0.39 is 0 Å². The number of halogens is 2. The van der Waals surface area contributed by atoms with Crippen molar-refractivity contribution in [3.63, 3.8) is 0 Å². The largest absolute Gasteiger partial charge is 0.496 e. The SMILES string of the molecule is CCCNC(c1ccc(OC)c(Br)c1)c1cc(Br)c(C)s1. The molecule has 0 saturated carbocycles. The van der Waals surface area contributed by atoms with Crippen molar-refractivity contribution in [2.45, 2.75) is 26.3 Å². The molecule has 0 aliphatic rings. The first-order chi connectivity index (χ1) is 10.1. The van der Waals surface area contributed by atoms with E-state index in [1.807, 2.05) is 17.4 Å². The molecule has 0 fully saturated rings. The van der Waals surface area contributed by atoms with Gasteiger partial charge in [-0.05, 0) is 75.5 Å². The van der Waals surface area contributed by atoms with Gasteiger partial charge in [-0.3, -0.25) is 0 Å². The van der Waals surface area contributed by atoms with Crippen LogP contribution in [0, 0.1) is 6.92 Å². The van der Waals surface area contributed by atoms with Crippen LogP contribution in [0.1, 0.15) is 34.7 Å². The summed E-state index contributed by atoms with van der Waals surface area (Å²) in [5, 5.41) is 3.64. The summed E-state index contributed by atoms with van der Waals surface area (Å²) in [7, 11) is 1.69. The molecule has 1 aromatic heterocycles. The topological polar surface area (TPSA) is 21.3 Å². The normalized spacial score (nSPS) is 12.4. The minimum atomic E-state index is 0.210. The fourth-order valence-corrected chi connectivity index (χ4v) is 4.38. The van der Waals surface area contributed by atoms with Gasteiger partial charge in [0, 0.05) is 14.2 Å². The number of benzene rings is 1. The fraction of sp³-hybridized carbons (Fsp3) is 0.375. The van der Waals surface area contributed by atoms with Crippen molar-refractivity contribution in [3.05, 3.63) is 48.5 Å². The third-order valence-corrected chi connectivity index (χ3v) is 6.09. The van der Waals surface area contributed by atoms with Crippen LogP contribution in [0.25, 0.3) is 0 Å². The van der Waals surface area contributed by atoms with Gasteiger partial charge in [-0.1, -0.05) is 13.0 Å². The number of nitrogens with one attached hydrogen (secondary N) is 1. The lowest BCUT2D eigenvalue weighted by Gasteiger charge is -2.18. The Bertz CT molecular complexity index is 593. The molecule has 1 aromatic carbocycles. The highest BCUT2D eigenvalue weighted by Gasteiger charge is 2.18. The molecule has 0 bridgehead atoms. The van der Waals surface area contributed by atoms with Gasteiger partial charge in [0.05, 0.1) is 17.6 Å². The quantitative estimate of drug-likeness (QED) is 0.633. The van der Waals surface area contributed by atoms with E-state index in [9.17, 15) is 0 Å². The van der Waals surface area contributed by atoms with Crippen LogP contribution in [0.4, 0.5) is 0 Å². The molecule has 1 atom stereocenters. The first-order valence-electron chi connectivity index (χ1n) is 6.89. The summed E-state index contributed by atoms with van der Waals surface area (Å²) in [4.78, 5) is 2.63. The summed E-state index contributed by atoms with van der Waals surface area (Å²) in [6, 6.07) is 8.69.